The topological polar surface area (TPSA) is 29.5 Å². The van der Waals surface area contributed by atoms with Crippen LogP contribution in [0, 0.1) is 0 Å². The largest absolute Gasteiger partial charge is 0.396 e. The van der Waals surface area contributed by atoms with Crippen LogP contribution in [0.4, 0.5) is 0 Å². The summed E-state index contributed by atoms with van der Waals surface area (Å²) in [6.07, 6.45) is 5.15. The summed E-state index contributed by atoms with van der Waals surface area (Å²) in [6, 6.07) is 0. The Balaban J connectivity index is 2.23. The van der Waals surface area contributed by atoms with Gasteiger partial charge in [0.05, 0.1) is 6.61 Å². The van der Waals surface area contributed by atoms with Crippen LogP contribution in [0.1, 0.15) is 19.3 Å². The fourth-order valence-electron chi connectivity index (χ4n) is 1.11. The predicted octanol–water partition coefficient (Wildman–Crippen LogP) is 1.11. The first-order valence-electron chi connectivity index (χ1n) is 3.80. The van der Waals surface area contributed by atoms with Gasteiger partial charge in [-0.25, -0.2) is 0 Å². The maximum atomic E-state index is 8.51. The highest BCUT2D eigenvalue weighted by atomic mass is 16.5. The van der Waals surface area contributed by atoms with Crippen LogP contribution in [0.2, 0.25) is 0 Å². The molecular weight excluding hydrogens is 128 g/mol. The SMILES string of the molecule is OCC/C=C1/CCCOC1. The van der Waals surface area contributed by atoms with Gasteiger partial charge >= 0.3 is 0 Å². The van der Waals surface area contributed by atoms with Crippen molar-refractivity contribution in [1.29, 1.82) is 0 Å². The first-order chi connectivity index (χ1) is 4.93. The van der Waals surface area contributed by atoms with Crippen LogP contribution in [0.25, 0.3) is 0 Å². The summed E-state index contributed by atoms with van der Waals surface area (Å²) >= 11 is 0. The molecule has 0 amide bonds. The average Bonchev–Trinajstić information content (AvgIpc) is 2.03. The van der Waals surface area contributed by atoms with Crippen LogP contribution in [0.15, 0.2) is 11.6 Å². The molecule has 0 saturated carbocycles. The van der Waals surface area contributed by atoms with Crippen LogP contribution in [-0.4, -0.2) is 24.9 Å². The van der Waals surface area contributed by atoms with Gasteiger partial charge in [-0.15, -0.1) is 0 Å². The second-order valence-corrected chi connectivity index (χ2v) is 2.53. The Hall–Kier alpha value is -0.340. The van der Waals surface area contributed by atoms with E-state index < -0.39 is 0 Å². The molecule has 0 radical (unpaired) electrons. The van der Waals surface area contributed by atoms with E-state index >= 15 is 0 Å². The lowest BCUT2D eigenvalue weighted by molar-refractivity contribution is 0.129. The van der Waals surface area contributed by atoms with Gasteiger partial charge in [0.15, 0.2) is 0 Å². The zero-order valence-corrected chi connectivity index (χ0v) is 6.18. The molecule has 1 saturated heterocycles. The van der Waals surface area contributed by atoms with Gasteiger partial charge in [0.2, 0.25) is 0 Å². The molecule has 1 aliphatic heterocycles. The minimum Gasteiger partial charge on any atom is -0.396 e. The van der Waals surface area contributed by atoms with Gasteiger partial charge in [-0.2, -0.15) is 0 Å². The Labute approximate surface area is 61.5 Å². The molecule has 0 aromatic carbocycles. The number of aliphatic hydroxyl groups is 1. The molecule has 58 valence electrons. The summed E-state index contributed by atoms with van der Waals surface area (Å²) in [5.41, 5.74) is 1.35. The Kier molecular flexibility index (Phi) is 3.47. The maximum absolute atomic E-state index is 8.51. The van der Waals surface area contributed by atoms with E-state index in [4.69, 9.17) is 9.84 Å². The summed E-state index contributed by atoms with van der Waals surface area (Å²) in [7, 11) is 0. The lowest BCUT2D eigenvalue weighted by Crippen LogP contribution is -2.07. The van der Waals surface area contributed by atoms with Crippen molar-refractivity contribution in [2.75, 3.05) is 19.8 Å². The number of hydrogen-bond donors (Lipinski definition) is 1. The van der Waals surface area contributed by atoms with Gasteiger partial charge in [0, 0.05) is 13.2 Å². The second kappa shape index (κ2) is 4.47. The van der Waals surface area contributed by atoms with Gasteiger partial charge in [-0.05, 0) is 24.8 Å². The van der Waals surface area contributed by atoms with E-state index in [0.717, 1.165) is 32.5 Å². The van der Waals surface area contributed by atoms with E-state index in [2.05, 4.69) is 6.08 Å². The summed E-state index contributed by atoms with van der Waals surface area (Å²) in [5, 5.41) is 8.51. The summed E-state index contributed by atoms with van der Waals surface area (Å²) in [6.45, 7) is 1.93. The molecule has 0 unspecified atom stereocenters. The molecule has 0 aromatic rings. The summed E-state index contributed by atoms with van der Waals surface area (Å²) in [5.74, 6) is 0. The zero-order valence-electron chi connectivity index (χ0n) is 6.18. The minimum absolute atomic E-state index is 0.253. The van der Waals surface area contributed by atoms with E-state index in [1.54, 1.807) is 0 Å². The zero-order chi connectivity index (χ0) is 7.23. The maximum Gasteiger partial charge on any atom is 0.0676 e. The molecule has 0 atom stereocenters. The quantitative estimate of drug-likeness (QED) is 0.585. The fourth-order valence-corrected chi connectivity index (χ4v) is 1.11. The van der Waals surface area contributed by atoms with Crippen molar-refractivity contribution < 1.29 is 9.84 Å². The third-order valence-electron chi connectivity index (χ3n) is 1.64. The summed E-state index contributed by atoms with van der Waals surface area (Å²) < 4.78 is 5.23. The van der Waals surface area contributed by atoms with E-state index in [0.29, 0.717) is 0 Å². The minimum atomic E-state index is 0.253. The summed E-state index contributed by atoms with van der Waals surface area (Å²) in [4.78, 5) is 0. The van der Waals surface area contributed by atoms with E-state index in [-0.39, 0.29) is 6.61 Å². The van der Waals surface area contributed by atoms with Crippen molar-refractivity contribution in [3.05, 3.63) is 11.6 Å². The predicted molar refractivity (Wildman–Crippen MR) is 39.8 cm³/mol. The van der Waals surface area contributed by atoms with E-state index in [9.17, 15) is 0 Å². The molecule has 1 N–H and O–H groups in total. The molecule has 2 heteroatoms. The first kappa shape index (κ1) is 7.76. The van der Waals surface area contributed by atoms with Crippen molar-refractivity contribution >= 4 is 0 Å². The van der Waals surface area contributed by atoms with Crippen molar-refractivity contribution in [2.45, 2.75) is 19.3 Å². The Morgan fingerprint density at radius 1 is 1.60 bits per heavy atom. The number of aliphatic hydroxyl groups excluding tert-OH is 1. The molecule has 2 nitrogen and oxygen atoms in total. The van der Waals surface area contributed by atoms with Crippen molar-refractivity contribution in [3.8, 4) is 0 Å². The average molecular weight is 142 g/mol. The standard InChI is InChI=1S/C8H14O2/c9-5-1-3-8-4-2-6-10-7-8/h3,9H,1-2,4-7H2/b8-3-. The second-order valence-electron chi connectivity index (χ2n) is 2.53. The van der Waals surface area contributed by atoms with Crippen LogP contribution < -0.4 is 0 Å². The number of hydrogen-bond acceptors (Lipinski definition) is 2. The Morgan fingerprint density at radius 2 is 2.50 bits per heavy atom. The van der Waals surface area contributed by atoms with Gasteiger partial charge in [-0.1, -0.05) is 6.08 Å². The molecule has 1 fully saturated rings. The van der Waals surface area contributed by atoms with Crippen molar-refractivity contribution in [1.82, 2.24) is 0 Å². The lowest BCUT2D eigenvalue weighted by Gasteiger charge is -2.13. The van der Waals surface area contributed by atoms with E-state index in [1.807, 2.05) is 0 Å². The molecule has 1 aliphatic rings. The van der Waals surface area contributed by atoms with Crippen LogP contribution in [-0.2, 0) is 4.74 Å². The third kappa shape index (κ3) is 2.50. The molecular formula is C8H14O2. The highest BCUT2D eigenvalue weighted by molar-refractivity contribution is 5.03. The molecule has 0 aromatic heterocycles. The lowest BCUT2D eigenvalue weighted by atomic mass is 10.1. The van der Waals surface area contributed by atoms with E-state index in [1.165, 1.54) is 5.57 Å². The molecule has 1 heterocycles. The molecule has 10 heavy (non-hydrogen) atoms. The third-order valence-corrected chi connectivity index (χ3v) is 1.64. The first-order valence-corrected chi connectivity index (χ1v) is 3.80. The number of ether oxygens (including phenoxy) is 1. The fraction of sp³-hybridized carbons (Fsp3) is 0.750. The Bertz CT molecular complexity index is 110. The highest BCUT2D eigenvalue weighted by Crippen LogP contribution is 2.12. The molecule has 0 aliphatic carbocycles. The smallest absolute Gasteiger partial charge is 0.0676 e. The van der Waals surface area contributed by atoms with Crippen LogP contribution in [0.5, 0.6) is 0 Å². The molecule has 0 spiro atoms. The molecule has 0 bridgehead atoms. The van der Waals surface area contributed by atoms with Crippen molar-refractivity contribution in [2.24, 2.45) is 0 Å². The Morgan fingerprint density at radius 3 is 3.10 bits per heavy atom. The monoisotopic (exact) mass is 142 g/mol. The van der Waals surface area contributed by atoms with Crippen LogP contribution in [0.3, 0.4) is 0 Å². The normalized spacial score (nSPS) is 23.5. The molecule has 1 rings (SSSR count). The van der Waals surface area contributed by atoms with Crippen LogP contribution >= 0.6 is 0 Å². The van der Waals surface area contributed by atoms with Gasteiger partial charge < -0.3 is 9.84 Å². The van der Waals surface area contributed by atoms with Gasteiger partial charge in [0.25, 0.3) is 0 Å². The number of rotatable bonds is 2. The van der Waals surface area contributed by atoms with Crippen molar-refractivity contribution in [3.63, 3.8) is 0 Å². The highest BCUT2D eigenvalue weighted by Gasteiger charge is 2.03. The van der Waals surface area contributed by atoms with Gasteiger partial charge in [0.1, 0.15) is 0 Å². The van der Waals surface area contributed by atoms with Gasteiger partial charge in [-0.3, -0.25) is 0 Å².